The minimum Gasteiger partial charge on any atom is -0.322 e. The molecular weight excluding hydrogens is 515 g/mol. The fourth-order valence-corrected chi connectivity index (χ4v) is 5.31. The average Bonchev–Trinajstić information content (AvgIpc) is 3.53. The zero-order valence-corrected chi connectivity index (χ0v) is 20.8. The Morgan fingerprint density at radius 1 is 1.18 bits per heavy atom. The number of nitrogens with one attached hydrogen (secondary N) is 1. The van der Waals surface area contributed by atoms with Gasteiger partial charge in [-0.1, -0.05) is 18.2 Å². The van der Waals surface area contributed by atoms with Crippen molar-refractivity contribution in [2.45, 2.75) is 32.1 Å². The molecule has 0 saturated carbocycles. The first-order chi connectivity index (χ1) is 18.1. The Hall–Kier alpha value is -4.43. The molecule has 1 aliphatic heterocycles. The zero-order chi connectivity index (χ0) is 27.0. The number of aromatic nitrogens is 2. The first-order valence-corrected chi connectivity index (χ1v) is 12.4. The molecule has 192 valence electrons. The van der Waals surface area contributed by atoms with Crippen LogP contribution in [-0.2, 0) is 19.1 Å². The van der Waals surface area contributed by atoms with Gasteiger partial charge in [0.15, 0.2) is 0 Å². The second-order valence-corrected chi connectivity index (χ2v) is 10.0. The molecule has 0 spiro atoms. The molecule has 2 aromatic heterocycles. The van der Waals surface area contributed by atoms with Gasteiger partial charge in [0.1, 0.15) is 10.6 Å². The van der Waals surface area contributed by atoms with Crippen molar-refractivity contribution in [2.24, 2.45) is 0 Å². The minimum atomic E-state index is -4.36. The third-order valence-corrected chi connectivity index (χ3v) is 7.30. The first-order valence-electron chi connectivity index (χ1n) is 11.6. The summed E-state index contributed by atoms with van der Waals surface area (Å²) in [6.07, 6.45) is -2.67. The molecule has 2 amide bonds. The molecule has 7 nitrogen and oxygen atoms in total. The van der Waals surface area contributed by atoms with Gasteiger partial charge in [0.2, 0.25) is 0 Å². The number of anilines is 2. The molecule has 1 atom stereocenters. The molecule has 0 bridgehead atoms. The summed E-state index contributed by atoms with van der Waals surface area (Å²) in [5.74, 6) is -0.910. The highest BCUT2D eigenvalue weighted by Gasteiger charge is 2.36. The molecule has 1 aliphatic rings. The second kappa shape index (κ2) is 9.79. The summed E-state index contributed by atoms with van der Waals surface area (Å²) in [5, 5.41) is 16.0. The lowest BCUT2D eigenvalue weighted by Gasteiger charge is -2.34. The Kier molecular flexibility index (Phi) is 6.50. The molecule has 5 rings (SSSR count). The highest BCUT2D eigenvalue weighted by atomic mass is 32.1. The summed E-state index contributed by atoms with van der Waals surface area (Å²) in [6.45, 7) is 2.24. The van der Waals surface area contributed by atoms with Gasteiger partial charge in [-0.2, -0.15) is 23.5 Å². The molecule has 1 N–H and O–H groups in total. The fraction of sp³-hybridized carbons (Fsp3) is 0.185. The van der Waals surface area contributed by atoms with Crippen molar-refractivity contribution in [3.63, 3.8) is 0 Å². The fourth-order valence-electron chi connectivity index (χ4n) is 4.40. The van der Waals surface area contributed by atoms with Gasteiger partial charge in [0, 0.05) is 22.7 Å². The summed E-state index contributed by atoms with van der Waals surface area (Å²) in [4.78, 5) is 28.1. The summed E-state index contributed by atoms with van der Waals surface area (Å²) >= 11 is 0.715. The third-order valence-electron chi connectivity index (χ3n) is 6.17. The molecule has 0 fully saturated rings. The normalized spacial score (nSPS) is 15.2. The second-order valence-electron chi connectivity index (χ2n) is 8.87. The number of nitriles is 1. The van der Waals surface area contributed by atoms with Crippen molar-refractivity contribution in [1.82, 2.24) is 9.78 Å². The van der Waals surface area contributed by atoms with Gasteiger partial charge >= 0.3 is 6.18 Å². The molecule has 2 aromatic carbocycles. The van der Waals surface area contributed by atoms with Crippen LogP contribution in [0.2, 0.25) is 0 Å². The molecule has 11 heteroatoms. The number of rotatable bonds is 5. The molecule has 38 heavy (non-hydrogen) atoms. The topological polar surface area (TPSA) is 91.0 Å². The largest absolute Gasteiger partial charge is 0.425 e. The van der Waals surface area contributed by atoms with Gasteiger partial charge in [-0.15, -0.1) is 11.3 Å². The van der Waals surface area contributed by atoms with Gasteiger partial charge < -0.3 is 10.2 Å². The summed E-state index contributed by atoms with van der Waals surface area (Å²) < 4.78 is 40.2. The summed E-state index contributed by atoms with van der Waals surface area (Å²) in [5.41, 5.74) is 2.49. The highest BCUT2D eigenvalue weighted by molar-refractivity contribution is 7.12. The van der Waals surface area contributed by atoms with E-state index >= 15 is 0 Å². The van der Waals surface area contributed by atoms with E-state index in [1.54, 1.807) is 47.4 Å². The van der Waals surface area contributed by atoms with E-state index in [-0.39, 0.29) is 17.3 Å². The zero-order valence-electron chi connectivity index (χ0n) is 20.0. The number of carbonyl (C=O) groups is 2. The molecule has 0 radical (unpaired) electrons. The van der Waals surface area contributed by atoms with Crippen molar-refractivity contribution in [2.75, 3.05) is 10.2 Å². The van der Waals surface area contributed by atoms with E-state index in [0.717, 1.165) is 11.6 Å². The number of halogens is 3. The Balaban J connectivity index is 1.35. The van der Waals surface area contributed by atoms with E-state index in [1.165, 1.54) is 23.0 Å². The lowest BCUT2D eigenvalue weighted by atomic mass is 10.1. The van der Waals surface area contributed by atoms with E-state index in [0.29, 0.717) is 46.1 Å². The summed E-state index contributed by atoms with van der Waals surface area (Å²) in [6, 6.07) is 17.8. The minimum absolute atomic E-state index is 0.115. The van der Waals surface area contributed by atoms with Crippen LogP contribution in [0.1, 0.15) is 48.7 Å². The van der Waals surface area contributed by atoms with Crippen molar-refractivity contribution >= 4 is 34.5 Å². The quantitative estimate of drug-likeness (QED) is 0.354. The molecule has 0 saturated heterocycles. The number of benzene rings is 2. The predicted molar refractivity (Wildman–Crippen MR) is 136 cm³/mol. The SMILES string of the molecule is C[C@H]1Cn2ncc(C(=O)Nc3cccc(C#N)c3)c2C(=O)N1c1ccc(Cc2ccc(C(F)(F)F)s2)cc1. The lowest BCUT2D eigenvalue weighted by Crippen LogP contribution is -2.47. The van der Waals surface area contributed by atoms with Gasteiger partial charge in [-0.3, -0.25) is 14.3 Å². The van der Waals surface area contributed by atoms with Crippen LogP contribution < -0.4 is 10.2 Å². The van der Waals surface area contributed by atoms with Gasteiger partial charge in [0.05, 0.1) is 36.0 Å². The van der Waals surface area contributed by atoms with Crippen LogP contribution in [0, 0.1) is 11.3 Å². The van der Waals surface area contributed by atoms with Crippen molar-refractivity contribution in [3.8, 4) is 6.07 Å². The molecule has 0 unspecified atom stereocenters. The Bertz CT molecular complexity index is 1570. The number of hydrogen-bond donors (Lipinski definition) is 1. The van der Waals surface area contributed by atoms with E-state index < -0.39 is 22.9 Å². The molecule has 4 aromatic rings. The monoisotopic (exact) mass is 535 g/mol. The van der Waals surface area contributed by atoms with E-state index in [1.807, 2.05) is 13.0 Å². The van der Waals surface area contributed by atoms with Crippen molar-refractivity contribution in [3.05, 3.63) is 99.0 Å². The van der Waals surface area contributed by atoms with Gasteiger partial charge in [-0.05, 0) is 55.0 Å². The average molecular weight is 536 g/mol. The number of amides is 2. The van der Waals surface area contributed by atoms with Crippen molar-refractivity contribution < 1.29 is 22.8 Å². The van der Waals surface area contributed by atoms with Crippen LogP contribution in [0.4, 0.5) is 24.5 Å². The predicted octanol–water partition coefficient (Wildman–Crippen LogP) is 5.73. The Morgan fingerprint density at radius 2 is 1.95 bits per heavy atom. The third kappa shape index (κ3) is 4.90. The summed E-state index contributed by atoms with van der Waals surface area (Å²) in [7, 11) is 0. The first kappa shape index (κ1) is 25.2. The highest BCUT2D eigenvalue weighted by Crippen LogP contribution is 2.35. The van der Waals surface area contributed by atoms with Crippen LogP contribution in [-0.4, -0.2) is 27.6 Å². The molecule has 0 aliphatic carbocycles. The standard InChI is InChI=1S/C27H20F3N5O2S/c1-16-15-34-24(22(14-32-34)25(36)33-19-4-2-3-18(11-19)13-31)26(37)35(16)20-7-5-17(6-8-20)12-21-9-10-23(38-21)27(28,29)30/h2-11,14,16H,12,15H2,1H3,(H,33,36)/t16-/m0/s1. The maximum Gasteiger partial charge on any atom is 0.425 e. The van der Waals surface area contributed by atoms with E-state index in [4.69, 9.17) is 5.26 Å². The van der Waals surface area contributed by atoms with Gasteiger partial charge in [0.25, 0.3) is 11.8 Å². The number of hydrogen-bond acceptors (Lipinski definition) is 5. The van der Waals surface area contributed by atoms with Crippen LogP contribution in [0.15, 0.2) is 66.9 Å². The van der Waals surface area contributed by atoms with E-state index in [2.05, 4.69) is 10.4 Å². The van der Waals surface area contributed by atoms with Crippen LogP contribution in [0.3, 0.4) is 0 Å². The number of carbonyl (C=O) groups excluding carboxylic acids is 2. The van der Waals surface area contributed by atoms with Gasteiger partial charge in [-0.25, -0.2) is 0 Å². The van der Waals surface area contributed by atoms with Crippen LogP contribution in [0.25, 0.3) is 0 Å². The number of thiophene rings is 1. The Morgan fingerprint density at radius 3 is 2.63 bits per heavy atom. The molecular formula is C27H20F3N5O2S. The van der Waals surface area contributed by atoms with Crippen LogP contribution in [0.5, 0.6) is 0 Å². The number of fused-ring (bicyclic) bond motifs is 1. The van der Waals surface area contributed by atoms with E-state index in [9.17, 15) is 22.8 Å². The van der Waals surface area contributed by atoms with Crippen LogP contribution >= 0.6 is 11.3 Å². The number of alkyl halides is 3. The number of nitrogens with zero attached hydrogens (tertiary/aromatic N) is 4. The van der Waals surface area contributed by atoms with Crippen molar-refractivity contribution in [1.29, 1.82) is 5.26 Å². The maximum atomic E-state index is 13.6. The molecule has 3 heterocycles. The maximum absolute atomic E-state index is 13.6. The lowest BCUT2D eigenvalue weighted by molar-refractivity contribution is -0.134. The smallest absolute Gasteiger partial charge is 0.322 e. The Labute approximate surface area is 219 Å².